The number of amides is 1. The number of nitrogens with zero attached hydrogens (tertiary/aromatic N) is 1. The van der Waals surface area contributed by atoms with E-state index in [0.717, 1.165) is 25.7 Å². The molecule has 0 unspecified atom stereocenters. The fraction of sp³-hybridized carbons (Fsp3) is 0.611. The number of nitrogens with one attached hydrogen (secondary N) is 1. The molecule has 130 valence electrons. The minimum atomic E-state index is -0.487. The summed E-state index contributed by atoms with van der Waals surface area (Å²) in [6.45, 7) is 4.26. The Balaban J connectivity index is 1.78. The fourth-order valence-electron chi connectivity index (χ4n) is 3.16. The third-order valence-electron chi connectivity index (χ3n) is 4.85. The van der Waals surface area contributed by atoms with Crippen molar-refractivity contribution >= 4 is 17.7 Å². The predicted octanol–water partition coefficient (Wildman–Crippen LogP) is 2.25. The smallest absolute Gasteiger partial charge is 0.354 e. The molecule has 2 fully saturated rings. The van der Waals surface area contributed by atoms with Gasteiger partial charge < -0.3 is 14.6 Å². The minimum Gasteiger partial charge on any atom is -0.464 e. The summed E-state index contributed by atoms with van der Waals surface area (Å²) in [4.78, 5) is 41.7. The van der Waals surface area contributed by atoms with Crippen molar-refractivity contribution in [2.45, 2.75) is 39.5 Å². The van der Waals surface area contributed by atoms with Crippen LogP contribution in [-0.2, 0) is 9.53 Å². The van der Waals surface area contributed by atoms with Crippen molar-refractivity contribution in [3.8, 4) is 0 Å². The molecule has 0 aromatic carbocycles. The Bertz CT molecular complexity index is 683. The van der Waals surface area contributed by atoms with Crippen molar-refractivity contribution < 1.29 is 19.1 Å². The predicted molar refractivity (Wildman–Crippen MR) is 88.0 cm³/mol. The van der Waals surface area contributed by atoms with Crippen molar-refractivity contribution in [3.05, 3.63) is 22.5 Å². The van der Waals surface area contributed by atoms with Gasteiger partial charge in [-0.1, -0.05) is 0 Å². The van der Waals surface area contributed by atoms with Gasteiger partial charge in [0.1, 0.15) is 5.69 Å². The number of ether oxygens (including phenoxy) is 1. The van der Waals surface area contributed by atoms with Crippen LogP contribution in [0.5, 0.6) is 0 Å². The molecule has 0 aliphatic heterocycles. The van der Waals surface area contributed by atoms with Gasteiger partial charge >= 0.3 is 5.97 Å². The Hall–Kier alpha value is -2.11. The molecule has 2 aliphatic rings. The summed E-state index contributed by atoms with van der Waals surface area (Å²) in [6, 6.07) is 0. The molecule has 0 saturated heterocycles. The lowest BCUT2D eigenvalue weighted by molar-refractivity contribution is -0.132. The first-order chi connectivity index (χ1) is 11.4. The number of hydrogen-bond donors (Lipinski definition) is 1. The average molecular weight is 332 g/mol. The largest absolute Gasteiger partial charge is 0.464 e. The van der Waals surface area contributed by atoms with E-state index >= 15 is 0 Å². The molecule has 6 heteroatoms. The third kappa shape index (κ3) is 3.37. The fourth-order valence-corrected chi connectivity index (χ4v) is 3.16. The summed E-state index contributed by atoms with van der Waals surface area (Å²) in [5, 5.41) is 0. The zero-order chi connectivity index (χ0) is 17.4. The van der Waals surface area contributed by atoms with Crippen LogP contribution in [0.25, 0.3) is 0 Å². The Morgan fingerprint density at radius 2 is 1.83 bits per heavy atom. The molecule has 0 bridgehead atoms. The van der Waals surface area contributed by atoms with Gasteiger partial charge in [-0.25, -0.2) is 4.79 Å². The number of carbonyl (C=O) groups excluding carboxylic acids is 3. The van der Waals surface area contributed by atoms with E-state index in [0.29, 0.717) is 35.0 Å². The highest BCUT2D eigenvalue weighted by Gasteiger charge is 2.37. The number of H-pyrrole nitrogens is 1. The molecule has 0 atom stereocenters. The summed E-state index contributed by atoms with van der Waals surface area (Å²) >= 11 is 0. The monoisotopic (exact) mass is 332 g/mol. The molecule has 1 heterocycles. The Morgan fingerprint density at radius 1 is 1.17 bits per heavy atom. The standard InChI is InChI=1S/C18H24N2O4/c1-10-15(11(2)19-16(10)18(23)24-3)14(21)9-20(8-12-4-5-12)17(22)13-6-7-13/h12-13,19H,4-9H2,1-3H3. The molecule has 1 amide bonds. The summed E-state index contributed by atoms with van der Waals surface area (Å²) < 4.78 is 4.74. The second kappa shape index (κ2) is 6.42. The molecule has 1 aromatic heterocycles. The minimum absolute atomic E-state index is 0.0893. The number of aromatic amines is 1. The van der Waals surface area contributed by atoms with E-state index in [9.17, 15) is 14.4 Å². The maximum atomic E-state index is 12.8. The normalized spacial score (nSPS) is 16.8. The van der Waals surface area contributed by atoms with Gasteiger partial charge in [-0.15, -0.1) is 0 Å². The van der Waals surface area contributed by atoms with Gasteiger partial charge in [-0.2, -0.15) is 0 Å². The van der Waals surface area contributed by atoms with Gasteiger partial charge in [0.15, 0.2) is 5.78 Å². The number of rotatable bonds is 7. The van der Waals surface area contributed by atoms with Gasteiger partial charge in [-0.05, 0) is 51.0 Å². The van der Waals surface area contributed by atoms with Crippen LogP contribution in [-0.4, -0.2) is 47.7 Å². The van der Waals surface area contributed by atoms with E-state index in [-0.39, 0.29) is 24.2 Å². The van der Waals surface area contributed by atoms with Crippen LogP contribution in [0.1, 0.15) is 57.8 Å². The number of carbonyl (C=O) groups is 3. The third-order valence-corrected chi connectivity index (χ3v) is 4.85. The molecular weight excluding hydrogens is 308 g/mol. The molecule has 24 heavy (non-hydrogen) atoms. The maximum absolute atomic E-state index is 12.8. The highest BCUT2D eigenvalue weighted by Crippen LogP contribution is 2.34. The first-order valence-electron chi connectivity index (χ1n) is 8.51. The Labute approximate surface area is 141 Å². The van der Waals surface area contributed by atoms with Crippen LogP contribution >= 0.6 is 0 Å². The van der Waals surface area contributed by atoms with E-state index in [1.54, 1.807) is 18.7 Å². The second-order valence-electron chi connectivity index (χ2n) is 6.98. The van der Waals surface area contributed by atoms with Crippen molar-refractivity contribution in [2.24, 2.45) is 11.8 Å². The number of hydrogen-bond acceptors (Lipinski definition) is 4. The molecule has 0 radical (unpaired) electrons. The van der Waals surface area contributed by atoms with Crippen LogP contribution in [0, 0.1) is 25.7 Å². The van der Waals surface area contributed by atoms with Crippen molar-refractivity contribution in [1.29, 1.82) is 0 Å². The van der Waals surface area contributed by atoms with Crippen molar-refractivity contribution in [3.63, 3.8) is 0 Å². The summed E-state index contributed by atoms with van der Waals surface area (Å²) in [5.41, 5.74) is 2.04. The van der Waals surface area contributed by atoms with Gasteiger partial charge in [0.2, 0.25) is 5.91 Å². The van der Waals surface area contributed by atoms with Gasteiger partial charge in [0.05, 0.1) is 13.7 Å². The summed E-state index contributed by atoms with van der Waals surface area (Å²) in [6.07, 6.45) is 4.14. The lowest BCUT2D eigenvalue weighted by Gasteiger charge is -2.22. The number of methoxy groups -OCH3 is 1. The number of Topliss-reactive ketones (excluding diaryl/α,β-unsaturated/α-hetero) is 1. The SMILES string of the molecule is COC(=O)c1[nH]c(C)c(C(=O)CN(CC2CC2)C(=O)C2CC2)c1C. The molecular formula is C18H24N2O4. The van der Waals surface area contributed by atoms with Gasteiger partial charge in [-0.3, -0.25) is 9.59 Å². The topological polar surface area (TPSA) is 79.5 Å². The zero-order valence-electron chi connectivity index (χ0n) is 14.5. The molecule has 0 spiro atoms. The number of ketones is 1. The quantitative estimate of drug-likeness (QED) is 0.613. The molecule has 1 aromatic rings. The lowest BCUT2D eigenvalue weighted by Crippen LogP contribution is -2.38. The highest BCUT2D eigenvalue weighted by atomic mass is 16.5. The van der Waals surface area contributed by atoms with Gasteiger partial charge in [0.25, 0.3) is 0 Å². The van der Waals surface area contributed by atoms with Crippen LogP contribution < -0.4 is 0 Å². The summed E-state index contributed by atoms with van der Waals surface area (Å²) in [7, 11) is 1.31. The second-order valence-corrected chi connectivity index (χ2v) is 6.98. The molecule has 1 N–H and O–H groups in total. The number of esters is 1. The van der Waals surface area contributed by atoms with Crippen LogP contribution in [0.4, 0.5) is 0 Å². The van der Waals surface area contributed by atoms with E-state index < -0.39 is 5.97 Å². The van der Waals surface area contributed by atoms with Crippen LogP contribution in [0.2, 0.25) is 0 Å². The van der Waals surface area contributed by atoms with E-state index in [1.165, 1.54) is 7.11 Å². The van der Waals surface area contributed by atoms with E-state index in [1.807, 2.05) is 0 Å². The van der Waals surface area contributed by atoms with Crippen LogP contribution in [0.3, 0.4) is 0 Å². The Kier molecular flexibility index (Phi) is 4.47. The number of aromatic nitrogens is 1. The van der Waals surface area contributed by atoms with Crippen molar-refractivity contribution in [2.75, 3.05) is 20.2 Å². The number of aryl methyl sites for hydroxylation is 1. The molecule has 3 rings (SSSR count). The first kappa shape index (κ1) is 16.7. The highest BCUT2D eigenvalue weighted by molar-refractivity contribution is 6.04. The lowest BCUT2D eigenvalue weighted by atomic mass is 10.0. The van der Waals surface area contributed by atoms with Crippen molar-refractivity contribution in [1.82, 2.24) is 9.88 Å². The maximum Gasteiger partial charge on any atom is 0.354 e. The van der Waals surface area contributed by atoms with Gasteiger partial charge in [0, 0.05) is 23.7 Å². The zero-order valence-corrected chi connectivity index (χ0v) is 14.5. The molecule has 6 nitrogen and oxygen atoms in total. The Morgan fingerprint density at radius 3 is 2.38 bits per heavy atom. The van der Waals surface area contributed by atoms with E-state index in [4.69, 9.17) is 4.74 Å². The molecule has 2 aliphatic carbocycles. The van der Waals surface area contributed by atoms with Crippen LogP contribution in [0.15, 0.2) is 0 Å². The summed E-state index contributed by atoms with van der Waals surface area (Å²) in [5.74, 6) is 0.147. The molecule has 2 saturated carbocycles. The first-order valence-corrected chi connectivity index (χ1v) is 8.51. The van der Waals surface area contributed by atoms with E-state index in [2.05, 4.69) is 4.98 Å². The average Bonchev–Trinajstić information content (AvgIpc) is 3.44.